The van der Waals surface area contributed by atoms with Crippen molar-refractivity contribution < 1.29 is 25.8 Å². The van der Waals surface area contributed by atoms with Gasteiger partial charge in [0, 0.05) is 21.4 Å². The summed E-state index contributed by atoms with van der Waals surface area (Å²) in [5.41, 5.74) is -6.14. The molecule has 0 fully saturated rings. The van der Waals surface area contributed by atoms with Gasteiger partial charge in [-0.25, -0.2) is 0 Å². The molecule has 0 saturated heterocycles. The predicted molar refractivity (Wildman–Crippen MR) is 64.7 cm³/mol. The minimum Gasteiger partial charge on any atom is -0.262 e. The highest BCUT2D eigenvalue weighted by molar-refractivity contribution is 9.10. The van der Waals surface area contributed by atoms with E-state index in [4.69, 9.17) is 0 Å². The van der Waals surface area contributed by atoms with Crippen LogP contribution in [0.15, 0.2) is 0 Å². The maximum absolute atomic E-state index is 12.0. The van der Waals surface area contributed by atoms with Gasteiger partial charge in [0.25, 0.3) is 0 Å². The normalized spacial score (nSPS) is 14.1. The third kappa shape index (κ3) is 4.43. The quantitative estimate of drug-likeness (QED) is 0.350. The Hall–Kier alpha value is 1.14. The number of alkyl halides is 6. The van der Waals surface area contributed by atoms with Crippen LogP contribution in [0.2, 0.25) is 0 Å². The molecule has 0 N–H and O–H groups in total. The number of hydrogen-bond acceptors (Lipinski definition) is 3. The Kier molecular flexibility index (Phi) is 6.80. The van der Waals surface area contributed by atoms with Crippen LogP contribution >= 0.6 is 47.8 Å². The fourth-order valence-corrected chi connectivity index (χ4v) is 4.30. The minimum atomic E-state index is -5.52. The molecule has 10 heteroatoms. The average Bonchev–Trinajstić information content (AvgIpc) is 2.19. The molecule has 0 rings (SSSR count). The van der Waals surface area contributed by atoms with E-state index < -0.39 is 27.6 Å². The first-order valence-electron chi connectivity index (χ1n) is 3.78. The fourth-order valence-electron chi connectivity index (χ4n) is 0.492. The summed E-state index contributed by atoms with van der Waals surface area (Å²) in [6.45, 7) is -0.559. The van der Waals surface area contributed by atoms with Gasteiger partial charge < -0.3 is 0 Å². The van der Waals surface area contributed by atoms with Crippen LogP contribution in [-0.4, -0.2) is 36.5 Å². The van der Waals surface area contributed by atoms with E-state index in [0.717, 1.165) is 0 Å². The maximum atomic E-state index is 12.0. The molecule has 0 aliphatic rings. The standard InChI is InChI=1S/C6H8Br3F3O3S/c7-1-5(2-8,3-9)4-15-16(13,14)6(10,11)12/h1-4H2. The van der Waals surface area contributed by atoms with Gasteiger partial charge in [-0.3, -0.25) is 4.18 Å². The lowest BCUT2D eigenvalue weighted by Crippen LogP contribution is -2.36. The van der Waals surface area contributed by atoms with Gasteiger partial charge in [0.1, 0.15) is 0 Å². The fraction of sp³-hybridized carbons (Fsp3) is 1.00. The summed E-state index contributed by atoms with van der Waals surface area (Å²) >= 11 is 9.29. The Morgan fingerprint density at radius 2 is 1.38 bits per heavy atom. The van der Waals surface area contributed by atoms with Gasteiger partial charge >= 0.3 is 15.6 Å². The first-order chi connectivity index (χ1) is 7.14. The molecule has 0 atom stereocenters. The number of halogens is 6. The molecule has 98 valence electrons. The number of hydrogen-bond donors (Lipinski definition) is 0. The Morgan fingerprint density at radius 1 is 1.00 bits per heavy atom. The summed E-state index contributed by atoms with van der Waals surface area (Å²) < 4.78 is 61.2. The number of rotatable bonds is 6. The lowest BCUT2D eigenvalue weighted by molar-refractivity contribution is -0.0556. The molecule has 0 spiro atoms. The lowest BCUT2D eigenvalue weighted by atomic mass is 9.98. The maximum Gasteiger partial charge on any atom is 0.523 e. The predicted octanol–water partition coefficient (Wildman–Crippen LogP) is 3.02. The molecule has 0 unspecified atom stereocenters. The van der Waals surface area contributed by atoms with E-state index in [1.165, 1.54) is 0 Å². The van der Waals surface area contributed by atoms with Crippen LogP contribution in [0, 0.1) is 5.41 Å². The Balaban J connectivity index is 4.68. The second-order valence-electron chi connectivity index (χ2n) is 3.06. The summed E-state index contributed by atoms with van der Waals surface area (Å²) in [6.07, 6.45) is 0. The van der Waals surface area contributed by atoms with Crippen LogP contribution in [0.5, 0.6) is 0 Å². The molecule has 0 aromatic rings. The van der Waals surface area contributed by atoms with Crippen molar-refractivity contribution >= 4 is 57.9 Å². The van der Waals surface area contributed by atoms with E-state index in [-0.39, 0.29) is 0 Å². The Morgan fingerprint density at radius 3 is 1.62 bits per heavy atom. The highest BCUT2D eigenvalue weighted by Gasteiger charge is 2.48. The zero-order valence-electron chi connectivity index (χ0n) is 7.73. The second kappa shape index (κ2) is 6.35. The van der Waals surface area contributed by atoms with Gasteiger partial charge in [0.15, 0.2) is 0 Å². The third-order valence-corrected chi connectivity index (χ3v) is 6.22. The molecule has 0 saturated carbocycles. The molecule has 0 aliphatic carbocycles. The highest BCUT2D eigenvalue weighted by Crippen LogP contribution is 2.30. The largest absolute Gasteiger partial charge is 0.523 e. The first kappa shape index (κ1) is 17.1. The van der Waals surface area contributed by atoms with Gasteiger partial charge in [-0.2, -0.15) is 21.6 Å². The van der Waals surface area contributed by atoms with Crippen LogP contribution in [0.25, 0.3) is 0 Å². The first-order valence-corrected chi connectivity index (χ1v) is 8.55. The van der Waals surface area contributed by atoms with Crippen LogP contribution in [0.3, 0.4) is 0 Å². The van der Waals surface area contributed by atoms with Crippen molar-refractivity contribution in [2.75, 3.05) is 22.6 Å². The van der Waals surface area contributed by atoms with Crippen molar-refractivity contribution in [2.24, 2.45) is 5.41 Å². The van der Waals surface area contributed by atoms with Gasteiger partial charge in [-0.05, 0) is 0 Å². The molecule has 0 aromatic heterocycles. The molecule has 0 aromatic carbocycles. The Labute approximate surface area is 117 Å². The monoisotopic (exact) mass is 454 g/mol. The molecule has 3 nitrogen and oxygen atoms in total. The topological polar surface area (TPSA) is 43.4 Å². The minimum absolute atomic E-state index is 0.296. The zero-order chi connectivity index (χ0) is 13.0. The molecule has 16 heavy (non-hydrogen) atoms. The van der Waals surface area contributed by atoms with Crippen molar-refractivity contribution in [1.29, 1.82) is 0 Å². The molecule has 0 heterocycles. The van der Waals surface area contributed by atoms with Gasteiger partial charge in [-0.1, -0.05) is 47.8 Å². The highest BCUT2D eigenvalue weighted by atomic mass is 79.9. The summed E-state index contributed by atoms with van der Waals surface area (Å²) in [5, 5.41) is 0.887. The smallest absolute Gasteiger partial charge is 0.262 e. The third-order valence-electron chi connectivity index (χ3n) is 1.65. The van der Waals surface area contributed by atoms with Crippen LogP contribution < -0.4 is 0 Å². The van der Waals surface area contributed by atoms with Crippen molar-refractivity contribution in [3.63, 3.8) is 0 Å². The average molecular weight is 457 g/mol. The van der Waals surface area contributed by atoms with E-state index in [0.29, 0.717) is 16.0 Å². The van der Waals surface area contributed by atoms with Crippen molar-refractivity contribution in [2.45, 2.75) is 5.51 Å². The van der Waals surface area contributed by atoms with Crippen molar-refractivity contribution in [3.8, 4) is 0 Å². The molecule has 0 radical (unpaired) electrons. The summed E-state index contributed by atoms with van der Waals surface area (Å²) in [7, 11) is -5.52. The van der Waals surface area contributed by atoms with Crippen LogP contribution in [-0.2, 0) is 14.3 Å². The molecule has 0 aliphatic heterocycles. The SMILES string of the molecule is O=S(=O)(OCC(CBr)(CBr)CBr)C(F)(F)F. The lowest BCUT2D eigenvalue weighted by Gasteiger charge is -2.26. The molecular formula is C6H8Br3F3O3S. The Bertz CT molecular complexity index is 304. The molecular weight excluding hydrogens is 449 g/mol. The zero-order valence-corrected chi connectivity index (χ0v) is 13.3. The van der Waals surface area contributed by atoms with Crippen LogP contribution in [0.1, 0.15) is 0 Å². The molecule has 0 bridgehead atoms. The van der Waals surface area contributed by atoms with E-state index in [1.807, 2.05) is 0 Å². The van der Waals surface area contributed by atoms with E-state index in [2.05, 4.69) is 52.0 Å². The summed E-state index contributed by atoms with van der Waals surface area (Å²) in [6, 6.07) is 0. The molecule has 0 amide bonds. The van der Waals surface area contributed by atoms with E-state index in [9.17, 15) is 21.6 Å². The van der Waals surface area contributed by atoms with Crippen LogP contribution in [0.4, 0.5) is 13.2 Å². The van der Waals surface area contributed by atoms with Crippen molar-refractivity contribution in [3.05, 3.63) is 0 Å². The van der Waals surface area contributed by atoms with Gasteiger partial charge in [0.05, 0.1) is 6.61 Å². The summed E-state index contributed by atoms with van der Waals surface area (Å²) in [4.78, 5) is 0. The van der Waals surface area contributed by atoms with Gasteiger partial charge in [-0.15, -0.1) is 0 Å². The van der Waals surface area contributed by atoms with Gasteiger partial charge in [0.2, 0.25) is 0 Å². The second-order valence-corrected chi connectivity index (χ2v) is 6.35. The van der Waals surface area contributed by atoms with E-state index >= 15 is 0 Å². The van der Waals surface area contributed by atoms with Crippen molar-refractivity contribution in [1.82, 2.24) is 0 Å². The van der Waals surface area contributed by atoms with E-state index in [1.54, 1.807) is 0 Å². The summed E-state index contributed by atoms with van der Waals surface area (Å²) in [5.74, 6) is 0.